The van der Waals surface area contributed by atoms with Crippen LogP contribution in [0.15, 0.2) is 0 Å². The van der Waals surface area contributed by atoms with Crippen molar-refractivity contribution in [3.05, 3.63) is 0 Å². The maximum absolute atomic E-state index is 5.76. The minimum absolute atomic E-state index is 0.489. The average molecular weight is 185 g/mol. The first kappa shape index (κ1) is 11.0. The first-order chi connectivity index (χ1) is 6.36. The highest BCUT2D eigenvalue weighted by atomic mass is 16.5. The standard InChI is InChI=1S/C11H23NO/c1-3-5-7-13-11-8-10(6-4-2)12-9-11/h10-12H,3-9H2,1-2H3/t10-,11-/m0/s1. The highest BCUT2D eigenvalue weighted by Gasteiger charge is 2.23. The van der Waals surface area contributed by atoms with Crippen LogP contribution in [0.3, 0.4) is 0 Å². The molecule has 1 aliphatic heterocycles. The molecular weight excluding hydrogens is 162 g/mol. The van der Waals surface area contributed by atoms with E-state index >= 15 is 0 Å². The molecule has 13 heavy (non-hydrogen) atoms. The smallest absolute Gasteiger partial charge is 0.0714 e. The number of hydrogen-bond acceptors (Lipinski definition) is 2. The van der Waals surface area contributed by atoms with Crippen LogP contribution in [0.25, 0.3) is 0 Å². The van der Waals surface area contributed by atoms with Crippen molar-refractivity contribution in [3.8, 4) is 0 Å². The molecule has 0 radical (unpaired) electrons. The van der Waals surface area contributed by atoms with Crippen LogP contribution in [0.4, 0.5) is 0 Å². The minimum atomic E-state index is 0.489. The van der Waals surface area contributed by atoms with Crippen LogP contribution < -0.4 is 5.32 Å². The van der Waals surface area contributed by atoms with E-state index in [9.17, 15) is 0 Å². The molecule has 0 amide bonds. The van der Waals surface area contributed by atoms with Gasteiger partial charge in [-0.05, 0) is 19.3 Å². The molecule has 0 aromatic heterocycles. The second-order valence-electron chi connectivity index (χ2n) is 3.98. The number of hydrogen-bond donors (Lipinski definition) is 1. The third-order valence-corrected chi connectivity index (χ3v) is 2.67. The zero-order valence-electron chi connectivity index (χ0n) is 9.01. The Hall–Kier alpha value is -0.0800. The number of ether oxygens (including phenoxy) is 1. The Morgan fingerprint density at radius 3 is 2.85 bits per heavy atom. The van der Waals surface area contributed by atoms with Crippen molar-refractivity contribution < 1.29 is 4.74 Å². The zero-order valence-corrected chi connectivity index (χ0v) is 9.01. The van der Waals surface area contributed by atoms with E-state index in [-0.39, 0.29) is 0 Å². The number of unbranched alkanes of at least 4 members (excludes halogenated alkanes) is 1. The van der Waals surface area contributed by atoms with Crippen LogP contribution in [0.1, 0.15) is 46.0 Å². The van der Waals surface area contributed by atoms with Gasteiger partial charge in [-0.2, -0.15) is 0 Å². The molecule has 1 saturated heterocycles. The van der Waals surface area contributed by atoms with Gasteiger partial charge in [0.2, 0.25) is 0 Å². The van der Waals surface area contributed by atoms with E-state index in [0.29, 0.717) is 6.10 Å². The second kappa shape index (κ2) is 6.39. The summed E-state index contributed by atoms with van der Waals surface area (Å²) in [5, 5.41) is 3.51. The molecule has 1 aliphatic rings. The fourth-order valence-electron chi connectivity index (χ4n) is 1.87. The summed E-state index contributed by atoms with van der Waals surface area (Å²) in [6.07, 6.45) is 6.72. The van der Waals surface area contributed by atoms with Gasteiger partial charge in [-0.3, -0.25) is 0 Å². The number of nitrogens with one attached hydrogen (secondary N) is 1. The van der Waals surface area contributed by atoms with Crippen LogP contribution in [-0.2, 0) is 4.74 Å². The van der Waals surface area contributed by atoms with Crippen LogP contribution in [0.5, 0.6) is 0 Å². The highest BCUT2D eigenvalue weighted by Crippen LogP contribution is 2.14. The third kappa shape index (κ3) is 4.10. The summed E-state index contributed by atoms with van der Waals surface area (Å²) < 4.78 is 5.76. The molecule has 0 spiro atoms. The fraction of sp³-hybridized carbons (Fsp3) is 1.00. The van der Waals surface area contributed by atoms with Gasteiger partial charge < -0.3 is 10.1 Å². The summed E-state index contributed by atoms with van der Waals surface area (Å²) in [6, 6.07) is 0.719. The Morgan fingerprint density at radius 1 is 1.31 bits per heavy atom. The monoisotopic (exact) mass is 185 g/mol. The van der Waals surface area contributed by atoms with Gasteiger partial charge >= 0.3 is 0 Å². The van der Waals surface area contributed by atoms with Gasteiger partial charge in [-0.15, -0.1) is 0 Å². The molecule has 1 fully saturated rings. The molecule has 1 rings (SSSR count). The molecule has 1 N–H and O–H groups in total. The molecule has 0 aliphatic carbocycles. The summed E-state index contributed by atoms with van der Waals surface area (Å²) in [6.45, 7) is 6.46. The fourth-order valence-corrected chi connectivity index (χ4v) is 1.87. The zero-order chi connectivity index (χ0) is 9.52. The average Bonchev–Trinajstić information content (AvgIpc) is 2.54. The van der Waals surface area contributed by atoms with E-state index in [1.54, 1.807) is 0 Å². The van der Waals surface area contributed by atoms with Crippen LogP contribution >= 0.6 is 0 Å². The molecule has 2 heteroatoms. The molecule has 2 nitrogen and oxygen atoms in total. The van der Waals surface area contributed by atoms with Crippen molar-refractivity contribution in [2.45, 2.75) is 58.1 Å². The predicted molar refractivity (Wildman–Crippen MR) is 56.0 cm³/mol. The molecule has 0 unspecified atom stereocenters. The van der Waals surface area contributed by atoms with E-state index in [2.05, 4.69) is 19.2 Å². The van der Waals surface area contributed by atoms with Crippen molar-refractivity contribution in [2.24, 2.45) is 0 Å². The van der Waals surface area contributed by atoms with Crippen molar-refractivity contribution in [2.75, 3.05) is 13.2 Å². The molecule has 0 aromatic carbocycles. The van der Waals surface area contributed by atoms with Gasteiger partial charge in [-0.1, -0.05) is 26.7 Å². The van der Waals surface area contributed by atoms with Gasteiger partial charge in [0.05, 0.1) is 6.10 Å². The largest absolute Gasteiger partial charge is 0.377 e. The minimum Gasteiger partial charge on any atom is -0.377 e. The van der Waals surface area contributed by atoms with Crippen LogP contribution in [-0.4, -0.2) is 25.3 Å². The maximum atomic E-state index is 5.76. The summed E-state index contributed by atoms with van der Waals surface area (Å²) >= 11 is 0. The quantitative estimate of drug-likeness (QED) is 0.641. The van der Waals surface area contributed by atoms with Gasteiger partial charge in [0.15, 0.2) is 0 Å². The lowest BCUT2D eigenvalue weighted by atomic mass is 10.1. The Labute approximate surface area is 82.0 Å². The normalized spacial score (nSPS) is 28.2. The molecule has 0 bridgehead atoms. The van der Waals surface area contributed by atoms with E-state index in [4.69, 9.17) is 4.74 Å². The lowest BCUT2D eigenvalue weighted by Crippen LogP contribution is -2.21. The van der Waals surface area contributed by atoms with Gasteiger partial charge in [0, 0.05) is 19.2 Å². The van der Waals surface area contributed by atoms with Crippen molar-refractivity contribution in [1.82, 2.24) is 5.32 Å². The highest BCUT2D eigenvalue weighted by molar-refractivity contribution is 4.81. The predicted octanol–water partition coefficient (Wildman–Crippen LogP) is 2.33. The first-order valence-corrected chi connectivity index (χ1v) is 5.71. The molecule has 78 valence electrons. The summed E-state index contributed by atoms with van der Waals surface area (Å²) in [4.78, 5) is 0. The lowest BCUT2D eigenvalue weighted by Gasteiger charge is -2.10. The van der Waals surface area contributed by atoms with Gasteiger partial charge in [0.25, 0.3) is 0 Å². The Kier molecular flexibility index (Phi) is 5.40. The van der Waals surface area contributed by atoms with Crippen molar-refractivity contribution in [3.63, 3.8) is 0 Å². The Balaban J connectivity index is 2.03. The summed E-state index contributed by atoms with van der Waals surface area (Å²) in [5.41, 5.74) is 0. The molecule has 0 aromatic rings. The third-order valence-electron chi connectivity index (χ3n) is 2.67. The molecule has 2 atom stereocenters. The van der Waals surface area contributed by atoms with E-state index in [0.717, 1.165) is 19.2 Å². The number of rotatable bonds is 6. The van der Waals surface area contributed by atoms with E-state index in [1.807, 2.05) is 0 Å². The summed E-state index contributed by atoms with van der Waals surface area (Å²) in [7, 11) is 0. The van der Waals surface area contributed by atoms with Crippen molar-refractivity contribution in [1.29, 1.82) is 0 Å². The first-order valence-electron chi connectivity index (χ1n) is 5.71. The van der Waals surface area contributed by atoms with Gasteiger partial charge in [-0.25, -0.2) is 0 Å². The topological polar surface area (TPSA) is 21.3 Å². The summed E-state index contributed by atoms with van der Waals surface area (Å²) in [5.74, 6) is 0. The Bertz CT molecular complexity index is 127. The van der Waals surface area contributed by atoms with E-state index in [1.165, 1.54) is 32.1 Å². The van der Waals surface area contributed by atoms with Gasteiger partial charge in [0.1, 0.15) is 0 Å². The molecular formula is C11H23NO. The molecule has 1 heterocycles. The van der Waals surface area contributed by atoms with Crippen molar-refractivity contribution >= 4 is 0 Å². The second-order valence-corrected chi connectivity index (χ2v) is 3.98. The Morgan fingerprint density at radius 2 is 2.15 bits per heavy atom. The van der Waals surface area contributed by atoms with Crippen LogP contribution in [0.2, 0.25) is 0 Å². The lowest BCUT2D eigenvalue weighted by molar-refractivity contribution is 0.0632. The SMILES string of the molecule is CCCCO[C@@H]1CN[C@@H](CCC)C1. The van der Waals surface area contributed by atoms with E-state index < -0.39 is 0 Å². The molecule has 0 saturated carbocycles. The van der Waals surface area contributed by atoms with Crippen LogP contribution in [0, 0.1) is 0 Å². The maximum Gasteiger partial charge on any atom is 0.0714 e.